The van der Waals surface area contributed by atoms with Gasteiger partial charge in [-0.05, 0) is 30.2 Å². The smallest absolute Gasteiger partial charge is 0.230 e. The van der Waals surface area contributed by atoms with Gasteiger partial charge >= 0.3 is 0 Å². The third kappa shape index (κ3) is 4.83. The lowest BCUT2D eigenvalue weighted by molar-refractivity contribution is -0.118. The van der Waals surface area contributed by atoms with Gasteiger partial charge in [0.15, 0.2) is 10.9 Å². The van der Waals surface area contributed by atoms with E-state index in [0.29, 0.717) is 36.3 Å². The summed E-state index contributed by atoms with van der Waals surface area (Å²) in [6, 6.07) is 11.4. The van der Waals surface area contributed by atoms with Gasteiger partial charge in [-0.1, -0.05) is 36.0 Å². The van der Waals surface area contributed by atoms with Gasteiger partial charge in [-0.15, -0.1) is 16.8 Å². The van der Waals surface area contributed by atoms with Crippen molar-refractivity contribution in [3.63, 3.8) is 0 Å². The molecule has 3 rings (SSSR count). The van der Waals surface area contributed by atoms with Crippen molar-refractivity contribution < 1.29 is 13.9 Å². The molecule has 0 fully saturated rings. The van der Waals surface area contributed by atoms with E-state index >= 15 is 0 Å². The molecule has 146 valence electrons. The number of ether oxygens (including phenoxy) is 1. The average Bonchev–Trinajstić information content (AvgIpc) is 3.37. The fraction of sp³-hybridized carbons (Fsp3) is 0.250. The van der Waals surface area contributed by atoms with E-state index in [9.17, 15) is 4.79 Å². The Hall–Kier alpha value is -3.00. The zero-order valence-corrected chi connectivity index (χ0v) is 16.4. The molecule has 3 aromatic rings. The number of furan rings is 1. The predicted octanol–water partition coefficient (Wildman–Crippen LogP) is 3.18. The normalized spacial score (nSPS) is 10.6. The highest BCUT2D eigenvalue weighted by Gasteiger charge is 2.16. The van der Waals surface area contributed by atoms with Crippen LogP contribution in [0.5, 0.6) is 5.75 Å². The summed E-state index contributed by atoms with van der Waals surface area (Å²) in [6.07, 6.45) is 4.05. The van der Waals surface area contributed by atoms with Crippen molar-refractivity contribution in [1.82, 2.24) is 20.1 Å². The molecule has 28 heavy (non-hydrogen) atoms. The van der Waals surface area contributed by atoms with Crippen molar-refractivity contribution in [3.8, 4) is 17.3 Å². The zero-order chi connectivity index (χ0) is 19.8. The fourth-order valence-corrected chi connectivity index (χ4v) is 3.48. The van der Waals surface area contributed by atoms with Crippen LogP contribution in [-0.4, -0.2) is 40.1 Å². The van der Waals surface area contributed by atoms with Crippen molar-refractivity contribution in [2.24, 2.45) is 0 Å². The van der Waals surface area contributed by atoms with Gasteiger partial charge < -0.3 is 14.5 Å². The second kappa shape index (κ2) is 9.80. The highest BCUT2D eigenvalue weighted by Crippen LogP contribution is 2.24. The van der Waals surface area contributed by atoms with E-state index in [-0.39, 0.29) is 11.7 Å². The Morgan fingerprint density at radius 1 is 1.32 bits per heavy atom. The van der Waals surface area contributed by atoms with Crippen molar-refractivity contribution in [3.05, 3.63) is 60.9 Å². The molecule has 0 spiro atoms. The number of carbonyl (C=O) groups is 1. The van der Waals surface area contributed by atoms with Crippen LogP contribution in [-0.2, 0) is 17.8 Å². The zero-order valence-electron chi connectivity index (χ0n) is 15.6. The highest BCUT2D eigenvalue weighted by atomic mass is 32.2. The van der Waals surface area contributed by atoms with E-state index in [2.05, 4.69) is 22.1 Å². The number of aromatic nitrogens is 3. The van der Waals surface area contributed by atoms with E-state index in [1.54, 1.807) is 25.5 Å². The molecule has 1 aromatic carbocycles. The average molecular weight is 398 g/mol. The van der Waals surface area contributed by atoms with Crippen LogP contribution in [0.25, 0.3) is 11.6 Å². The third-order valence-electron chi connectivity index (χ3n) is 4.01. The van der Waals surface area contributed by atoms with E-state index in [0.717, 1.165) is 11.3 Å². The van der Waals surface area contributed by atoms with Crippen LogP contribution in [0, 0.1) is 0 Å². The molecule has 0 bridgehead atoms. The highest BCUT2D eigenvalue weighted by molar-refractivity contribution is 7.99. The maximum Gasteiger partial charge on any atom is 0.230 e. The van der Waals surface area contributed by atoms with Crippen molar-refractivity contribution >= 4 is 17.7 Å². The van der Waals surface area contributed by atoms with Crippen LogP contribution >= 0.6 is 11.8 Å². The van der Waals surface area contributed by atoms with Gasteiger partial charge in [-0.25, -0.2) is 0 Å². The monoisotopic (exact) mass is 398 g/mol. The number of thioether (sulfide) groups is 1. The lowest BCUT2D eigenvalue weighted by Gasteiger charge is -2.09. The SMILES string of the molecule is C=CCn1c(SCC(=O)NCCc2ccccc2OC)nnc1-c1ccco1. The molecule has 0 atom stereocenters. The number of hydrogen-bond acceptors (Lipinski definition) is 6. The predicted molar refractivity (Wildman–Crippen MR) is 108 cm³/mol. The first-order valence-corrected chi connectivity index (χ1v) is 9.81. The Kier molecular flexibility index (Phi) is 6.91. The van der Waals surface area contributed by atoms with Crippen LogP contribution in [0.4, 0.5) is 0 Å². The number of para-hydroxylation sites is 1. The van der Waals surface area contributed by atoms with Crippen molar-refractivity contribution in [2.75, 3.05) is 19.4 Å². The summed E-state index contributed by atoms with van der Waals surface area (Å²) in [4.78, 5) is 12.2. The number of rotatable bonds is 10. The Morgan fingerprint density at radius 3 is 2.93 bits per heavy atom. The van der Waals surface area contributed by atoms with Crippen LogP contribution in [0.3, 0.4) is 0 Å². The number of amides is 1. The molecule has 0 aliphatic carbocycles. The first-order chi connectivity index (χ1) is 13.7. The number of nitrogens with one attached hydrogen (secondary N) is 1. The standard InChI is InChI=1S/C20H22N4O3S/c1-3-12-24-19(17-9-6-13-27-17)22-23-20(24)28-14-18(25)21-11-10-15-7-4-5-8-16(15)26-2/h3-9,13H,1,10-12,14H2,2H3,(H,21,25). The van der Waals surface area contributed by atoms with Gasteiger partial charge in [0.05, 0.1) is 19.1 Å². The molecule has 1 amide bonds. The molecule has 0 saturated heterocycles. The van der Waals surface area contributed by atoms with E-state index in [1.807, 2.05) is 34.9 Å². The van der Waals surface area contributed by atoms with Crippen molar-refractivity contribution in [1.29, 1.82) is 0 Å². The van der Waals surface area contributed by atoms with E-state index in [4.69, 9.17) is 9.15 Å². The van der Waals surface area contributed by atoms with E-state index in [1.165, 1.54) is 11.8 Å². The first-order valence-electron chi connectivity index (χ1n) is 8.82. The minimum absolute atomic E-state index is 0.0624. The molecule has 2 aromatic heterocycles. The lowest BCUT2D eigenvalue weighted by Crippen LogP contribution is -2.27. The van der Waals surface area contributed by atoms with Crippen LogP contribution in [0.2, 0.25) is 0 Å². The second-order valence-corrected chi connectivity index (χ2v) is 6.83. The topological polar surface area (TPSA) is 82.2 Å². The second-order valence-electron chi connectivity index (χ2n) is 5.88. The molecular formula is C20H22N4O3S. The van der Waals surface area contributed by atoms with Gasteiger partial charge in [0.25, 0.3) is 0 Å². The molecule has 0 unspecified atom stereocenters. The number of carbonyl (C=O) groups excluding carboxylic acids is 1. The molecule has 0 saturated carbocycles. The molecule has 7 nitrogen and oxygen atoms in total. The molecule has 0 radical (unpaired) electrons. The lowest BCUT2D eigenvalue weighted by atomic mass is 10.1. The largest absolute Gasteiger partial charge is 0.496 e. The minimum atomic E-state index is -0.0624. The molecule has 0 aliphatic rings. The Balaban J connectivity index is 1.54. The summed E-state index contributed by atoms with van der Waals surface area (Å²) in [6.45, 7) is 4.84. The summed E-state index contributed by atoms with van der Waals surface area (Å²) in [5, 5.41) is 11.9. The summed E-state index contributed by atoms with van der Waals surface area (Å²) in [5.74, 6) is 2.26. The maximum atomic E-state index is 12.2. The summed E-state index contributed by atoms with van der Waals surface area (Å²) >= 11 is 1.33. The van der Waals surface area contributed by atoms with Crippen LogP contribution in [0.1, 0.15) is 5.56 Å². The number of benzene rings is 1. The van der Waals surface area contributed by atoms with Crippen LogP contribution < -0.4 is 10.1 Å². The Morgan fingerprint density at radius 2 is 2.18 bits per heavy atom. The third-order valence-corrected chi connectivity index (χ3v) is 4.98. The van der Waals surface area contributed by atoms with Gasteiger partial charge in [0.2, 0.25) is 11.7 Å². The molecule has 8 heteroatoms. The summed E-state index contributed by atoms with van der Waals surface area (Å²) in [5.41, 5.74) is 1.06. The molecule has 0 aliphatic heterocycles. The van der Waals surface area contributed by atoms with Crippen molar-refractivity contribution in [2.45, 2.75) is 18.1 Å². The molecular weight excluding hydrogens is 376 g/mol. The van der Waals surface area contributed by atoms with Gasteiger partial charge in [0.1, 0.15) is 5.75 Å². The van der Waals surface area contributed by atoms with Gasteiger partial charge in [-0.3, -0.25) is 9.36 Å². The fourth-order valence-electron chi connectivity index (χ4n) is 2.70. The number of hydrogen-bond donors (Lipinski definition) is 1. The Bertz CT molecular complexity index is 921. The summed E-state index contributed by atoms with van der Waals surface area (Å²) < 4.78 is 12.6. The van der Waals surface area contributed by atoms with E-state index < -0.39 is 0 Å². The van der Waals surface area contributed by atoms with Gasteiger partial charge in [-0.2, -0.15) is 0 Å². The Labute approximate surface area is 167 Å². The van der Waals surface area contributed by atoms with Crippen LogP contribution in [0.15, 0.2) is 64.9 Å². The number of methoxy groups -OCH3 is 1. The summed E-state index contributed by atoms with van der Waals surface area (Å²) in [7, 11) is 1.64. The first kappa shape index (κ1) is 19.8. The number of nitrogens with zero attached hydrogens (tertiary/aromatic N) is 3. The number of allylic oxidation sites excluding steroid dienone is 1. The van der Waals surface area contributed by atoms with Gasteiger partial charge in [0, 0.05) is 13.1 Å². The minimum Gasteiger partial charge on any atom is -0.496 e. The maximum absolute atomic E-state index is 12.2. The molecule has 1 N–H and O–H groups in total. The molecule has 2 heterocycles. The quantitative estimate of drug-likeness (QED) is 0.417.